The molecule has 0 saturated carbocycles. The van der Waals surface area contributed by atoms with Gasteiger partial charge in [-0.15, -0.1) is 6.58 Å². The highest BCUT2D eigenvalue weighted by Gasteiger charge is 2.38. The maximum Gasteiger partial charge on any atom is 0.338 e. The van der Waals surface area contributed by atoms with Crippen molar-refractivity contribution in [2.24, 2.45) is 0 Å². The van der Waals surface area contributed by atoms with Crippen LogP contribution in [0.15, 0.2) is 42.1 Å². The van der Waals surface area contributed by atoms with Crippen LogP contribution < -0.4 is 5.32 Å². The molecule has 1 atom stereocenters. The van der Waals surface area contributed by atoms with Crippen molar-refractivity contribution in [3.05, 3.63) is 57.7 Å². The number of ether oxygens (including phenoxy) is 1. The summed E-state index contributed by atoms with van der Waals surface area (Å²) in [5.74, 6) is -0.461. The summed E-state index contributed by atoms with van der Waals surface area (Å²) in [5, 5.41) is 3.69. The molecule has 3 rings (SSSR count). The van der Waals surface area contributed by atoms with Gasteiger partial charge in [0.25, 0.3) is 0 Å². The van der Waals surface area contributed by atoms with Gasteiger partial charge in [-0.05, 0) is 31.7 Å². The molecule has 168 valence electrons. The minimum absolute atomic E-state index is 0.230. The summed E-state index contributed by atoms with van der Waals surface area (Å²) in [5.41, 5.74) is 1.70. The Bertz CT molecular complexity index is 882. The number of hydrogen-bond donors (Lipinski definition) is 1. The van der Waals surface area contributed by atoms with E-state index in [0.29, 0.717) is 33.4 Å². The first kappa shape index (κ1) is 23.6. The molecule has 9 heteroatoms. The zero-order valence-corrected chi connectivity index (χ0v) is 19.4. The summed E-state index contributed by atoms with van der Waals surface area (Å²) < 4.78 is 5.40. The van der Waals surface area contributed by atoms with Crippen LogP contribution >= 0.6 is 23.2 Å². The fourth-order valence-corrected chi connectivity index (χ4v) is 4.11. The molecule has 0 aliphatic carbocycles. The molecule has 1 unspecified atom stereocenters. The lowest BCUT2D eigenvalue weighted by Crippen LogP contribution is -2.52. The fourth-order valence-electron chi connectivity index (χ4n) is 3.81. The summed E-state index contributed by atoms with van der Waals surface area (Å²) in [7, 11) is 2.08. The number of rotatable bonds is 7. The topological polar surface area (TPSA) is 65.1 Å². The molecule has 1 aromatic rings. The number of halogens is 2. The number of nitrogens with zero attached hydrogens (tertiary/aromatic N) is 3. The third kappa shape index (κ3) is 5.41. The highest BCUT2D eigenvalue weighted by Crippen LogP contribution is 2.34. The highest BCUT2D eigenvalue weighted by atomic mass is 35.5. The first-order chi connectivity index (χ1) is 14.8. The van der Waals surface area contributed by atoms with Crippen molar-refractivity contribution in [3.63, 3.8) is 0 Å². The molecular formula is C22H28Cl2N4O3. The number of carbonyl (C=O) groups excluding carboxylic acids is 2. The van der Waals surface area contributed by atoms with Gasteiger partial charge in [-0.25, -0.2) is 9.59 Å². The van der Waals surface area contributed by atoms with Crippen LogP contribution in [0, 0.1) is 0 Å². The summed E-state index contributed by atoms with van der Waals surface area (Å²) in [6.07, 6.45) is 1.64. The zero-order chi connectivity index (χ0) is 22.5. The van der Waals surface area contributed by atoms with Crippen molar-refractivity contribution < 1.29 is 14.3 Å². The van der Waals surface area contributed by atoms with Crippen molar-refractivity contribution in [1.82, 2.24) is 20.0 Å². The first-order valence-electron chi connectivity index (χ1n) is 10.3. The SMILES string of the molecule is C=CCN1C(=O)NC(c2ccc(Cl)c(Cl)c2)C(C(=O)OCC)=C1CN1CCN(C)CC1. The van der Waals surface area contributed by atoms with Crippen LogP contribution in [0.2, 0.25) is 10.0 Å². The third-order valence-electron chi connectivity index (χ3n) is 5.49. The van der Waals surface area contributed by atoms with Gasteiger partial charge in [0.05, 0.1) is 28.3 Å². The van der Waals surface area contributed by atoms with E-state index in [1.807, 2.05) is 0 Å². The molecule has 1 N–H and O–H groups in total. The van der Waals surface area contributed by atoms with Crippen LogP contribution in [-0.4, -0.2) is 79.6 Å². The van der Waals surface area contributed by atoms with Crippen LogP contribution in [0.25, 0.3) is 0 Å². The van der Waals surface area contributed by atoms with Crippen molar-refractivity contribution in [3.8, 4) is 0 Å². The first-order valence-corrected chi connectivity index (χ1v) is 11.1. The molecule has 31 heavy (non-hydrogen) atoms. The van der Waals surface area contributed by atoms with E-state index in [4.69, 9.17) is 27.9 Å². The Morgan fingerprint density at radius 1 is 1.26 bits per heavy atom. The molecule has 0 aromatic heterocycles. The minimum Gasteiger partial charge on any atom is -0.463 e. The number of likely N-dealkylation sites (N-methyl/N-ethyl adjacent to an activating group) is 1. The van der Waals surface area contributed by atoms with Gasteiger partial charge in [-0.2, -0.15) is 0 Å². The fraction of sp³-hybridized carbons (Fsp3) is 0.455. The number of hydrogen-bond acceptors (Lipinski definition) is 5. The van der Waals surface area contributed by atoms with Crippen LogP contribution in [-0.2, 0) is 9.53 Å². The van der Waals surface area contributed by atoms with E-state index in [0.717, 1.165) is 26.2 Å². The van der Waals surface area contributed by atoms with Crippen LogP contribution in [0.4, 0.5) is 4.79 Å². The molecule has 1 fully saturated rings. The van der Waals surface area contributed by atoms with Gasteiger partial charge >= 0.3 is 12.0 Å². The molecule has 2 aliphatic heterocycles. The van der Waals surface area contributed by atoms with Gasteiger partial charge in [0, 0.05) is 45.0 Å². The lowest BCUT2D eigenvalue weighted by Gasteiger charge is -2.40. The molecule has 7 nitrogen and oxygen atoms in total. The van der Waals surface area contributed by atoms with Gasteiger partial charge in [-0.3, -0.25) is 9.80 Å². The Morgan fingerprint density at radius 3 is 2.58 bits per heavy atom. The van der Waals surface area contributed by atoms with E-state index >= 15 is 0 Å². The number of amides is 2. The lowest BCUT2D eigenvalue weighted by atomic mass is 9.94. The maximum atomic E-state index is 13.1. The molecule has 0 spiro atoms. The van der Waals surface area contributed by atoms with Gasteiger partial charge in [0.1, 0.15) is 0 Å². The van der Waals surface area contributed by atoms with Crippen molar-refractivity contribution >= 4 is 35.2 Å². The van der Waals surface area contributed by atoms with E-state index in [-0.39, 0.29) is 19.2 Å². The van der Waals surface area contributed by atoms with Crippen molar-refractivity contribution in [1.29, 1.82) is 0 Å². The standard InChI is InChI=1S/C22H28Cl2N4O3/c1-4-8-28-18(14-27-11-9-26(3)10-12-27)19(21(29)31-5-2)20(25-22(28)30)15-6-7-16(23)17(24)13-15/h4,6-7,13,20H,1,5,8-12,14H2,2-3H3,(H,25,30). The van der Waals surface area contributed by atoms with Crippen molar-refractivity contribution in [2.75, 3.05) is 52.9 Å². The largest absolute Gasteiger partial charge is 0.463 e. The quantitative estimate of drug-likeness (QED) is 0.493. The average Bonchev–Trinajstić information content (AvgIpc) is 2.74. The third-order valence-corrected chi connectivity index (χ3v) is 6.23. The predicted octanol–water partition coefficient (Wildman–Crippen LogP) is 3.31. The predicted molar refractivity (Wildman–Crippen MR) is 122 cm³/mol. The van der Waals surface area contributed by atoms with E-state index in [9.17, 15) is 9.59 Å². The zero-order valence-electron chi connectivity index (χ0n) is 17.9. The number of piperazine rings is 1. The van der Waals surface area contributed by atoms with Crippen LogP contribution in [0.5, 0.6) is 0 Å². The minimum atomic E-state index is -0.690. The van der Waals surface area contributed by atoms with E-state index in [1.165, 1.54) is 0 Å². The number of urea groups is 1. The van der Waals surface area contributed by atoms with Crippen molar-refractivity contribution in [2.45, 2.75) is 13.0 Å². The Kier molecular flexibility index (Phi) is 8.00. The summed E-state index contributed by atoms with van der Waals surface area (Å²) >= 11 is 12.3. The normalized spacial score (nSPS) is 20.6. The molecule has 0 radical (unpaired) electrons. The number of nitrogens with one attached hydrogen (secondary N) is 1. The van der Waals surface area contributed by atoms with Gasteiger partial charge in [0.15, 0.2) is 0 Å². The second kappa shape index (κ2) is 10.5. The van der Waals surface area contributed by atoms with Gasteiger partial charge in [-0.1, -0.05) is 35.3 Å². The number of esters is 1. The van der Waals surface area contributed by atoms with E-state index in [2.05, 4.69) is 28.7 Å². The number of benzene rings is 1. The molecule has 1 saturated heterocycles. The van der Waals surface area contributed by atoms with Crippen LogP contribution in [0.3, 0.4) is 0 Å². The molecule has 2 amide bonds. The highest BCUT2D eigenvalue weighted by molar-refractivity contribution is 6.42. The monoisotopic (exact) mass is 466 g/mol. The molecule has 0 bridgehead atoms. The molecule has 2 aliphatic rings. The van der Waals surface area contributed by atoms with E-state index < -0.39 is 12.0 Å². The van der Waals surface area contributed by atoms with Gasteiger partial charge in [0.2, 0.25) is 0 Å². The Balaban J connectivity index is 2.09. The Labute approximate surface area is 193 Å². The summed E-state index contributed by atoms with van der Waals surface area (Å²) in [6.45, 7) is 10.0. The van der Waals surface area contributed by atoms with Gasteiger partial charge < -0.3 is 15.0 Å². The average molecular weight is 467 g/mol. The molecular weight excluding hydrogens is 439 g/mol. The Hall–Kier alpha value is -2.06. The summed E-state index contributed by atoms with van der Waals surface area (Å²) in [4.78, 5) is 32.2. The lowest BCUT2D eigenvalue weighted by molar-refractivity contribution is -0.139. The Morgan fingerprint density at radius 2 is 1.97 bits per heavy atom. The molecule has 2 heterocycles. The molecule has 1 aromatic carbocycles. The second-order valence-corrected chi connectivity index (χ2v) is 8.43. The second-order valence-electron chi connectivity index (χ2n) is 7.62. The van der Waals surface area contributed by atoms with E-state index in [1.54, 1.807) is 36.1 Å². The number of carbonyl (C=O) groups is 2. The maximum absolute atomic E-state index is 13.1. The van der Waals surface area contributed by atoms with Crippen LogP contribution in [0.1, 0.15) is 18.5 Å². The smallest absolute Gasteiger partial charge is 0.338 e. The summed E-state index contributed by atoms with van der Waals surface area (Å²) in [6, 6.07) is 4.10.